The summed E-state index contributed by atoms with van der Waals surface area (Å²) in [6, 6.07) is 7.72. The topological polar surface area (TPSA) is 90.9 Å². The molecule has 45 heavy (non-hydrogen) atoms. The van der Waals surface area contributed by atoms with Gasteiger partial charge in [0, 0.05) is 44.6 Å². The number of likely N-dealkylation sites (tertiary alicyclic amines) is 3. The van der Waals surface area contributed by atoms with Crippen molar-refractivity contribution in [1.82, 2.24) is 24.1 Å². The average molecular weight is 651 g/mol. The number of rotatable bonds is 6. The highest BCUT2D eigenvalue weighted by Gasteiger charge is 2.46. The first-order valence-electron chi connectivity index (χ1n) is 14.5. The normalized spacial score (nSPS) is 21.6. The molecule has 0 aliphatic carbocycles. The van der Waals surface area contributed by atoms with E-state index in [1.54, 1.807) is 13.0 Å². The summed E-state index contributed by atoms with van der Waals surface area (Å²) in [5, 5.41) is 3.34. The highest BCUT2D eigenvalue weighted by Crippen LogP contribution is 2.42. The lowest BCUT2D eigenvalue weighted by Gasteiger charge is -2.43. The molecule has 1 atom stereocenters. The third-order valence-electron chi connectivity index (χ3n) is 8.73. The summed E-state index contributed by atoms with van der Waals surface area (Å²) in [6.45, 7) is 2.40. The Morgan fingerprint density at radius 3 is 2.42 bits per heavy atom. The predicted octanol–water partition coefficient (Wildman–Crippen LogP) is 6.06. The molecule has 3 aliphatic heterocycles. The maximum atomic E-state index is 14.6. The van der Waals surface area contributed by atoms with Gasteiger partial charge in [-0.2, -0.15) is 4.37 Å². The number of carbonyl (C=O) groups excluding carboxylic acids is 2. The first kappa shape index (κ1) is 31.0. The van der Waals surface area contributed by atoms with Gasteiger partial charge >= 0.3 is 12.1 Å². The number of hydrogen-bond donors (Lipinski definition) is 1. The number of anilines is 1. The van der Waals surface area contributed by atoms with Gasteiger partial charge < -0.3 is 24.8 Å². The number of urea groups is 2. The Kier molecular flexibility index (Phi) is 8.31. The highest BCUT2D eigenvalue weighted by molar-refractivity contribution is 7.05. The fraction of sp³-hybridized carbons (Fsp3) is 0.467. The van der Waals surface area contributed by atoms with Crippen LogP contribution < -0.4 is 10.1 Å². The zero-order chi connectivity index (χ0) is 31.9. The molecular formula is C30H31F5N6O3S. The van der Waals surface area contributed by atoms with Crippen molar-refractivity contribution in [2.24, 2.45) is 0 Å². The van der Waals surface area contributed by atoms with Crippen molar-refractivity contribution in [3.63, 3.8) is 0 Å². The Balaban J connectivity index is 1.15. The Hall–Kier alpha value is -4.01. The molecule has 0 bridgehead atoms. The van der Waals surface area contributed by atoms with Crippen molar-refractivity contribution in [2.75, 3.05) is 44.6 Å². The number of carbonyl (C=O) groups is 2. The van der Waals surface area contributed by atoms with E-state index in [0.29, 0.717) is 22.6 Å². The first-order valence-corrected chi connectivity index (χ1v) is 15.3. The summed E-state index contributed by atoms with van der Waals surface area (Å²) < 4.78 is 79.0. The van der Waals surface area contributed by atoms with Gasteiger partial charge in [-0.15, -0.1) is 0 Å². The standard InChI is InChI=1S/C30H31F5N6O3S/c1-18-2-4-20(13-22(18)31)29(26-36-17-37-45-26)6-9-40(16-29)27(42)38-23-12-19(25(32)33)3-5-24(23)44-21-14-41(15-21)28(43)39-10-7-30(34,35)8-11-39/h2-5,12-13,17,21,25H,6-11,14-16H2,1H3,(H,38,42)/t29-/m1/s1. The third-order valence-corrected chi connectivity index (χ3v) is 9.60. The third kappa shape index (κ3) is 6.26. The van der Waals surface area contributed by atoms with Crippen LogP contribution in [0, 0.1) is 12.7 Å². The van der Waals surface area contributed by atoms with Crippen molar-refractivity contribution in [3.05, 3.63) is 70.2 Å². The number of aromatic nitrogens is 2. The average Bonchev–Trinajstić information content (AvgIpc) is 3.68. The van der Waals surface area contributed by atoms with Crippen molar-refractivity contribution in [1.29, 1.82) is 0 Å². The Bertz CT molecular complexity index is 1560. The van der Waals surface area contributed by atoms with E-state index >= 15 is 0 Å². The van der Waals surface area contributed by atoms with Crippen molar-refractivity contribution in [2.45, 2.75) is 50.1 Å². The Labute approximate surface area is 260 Å². The maximum Gasteiger partial charge on any atom is 0.321 e. The summed E-state index contributed by atoms with van der Waals surface area (Å²) in [5.41, 5.74) is 0.0630. The Morgan fingerprint density at radius 2 is 1.76 bits per heavy atom. The fourth-order valence-electron chi connectivity index (χ4n) is 5.94. The number of nitrogens with one attached hydrogen (secondary N) is 1. The summed E-state index contributed by atoms with van der Waals surface area (Å²) in [7, 11) is 0. The minimum atomic E-state index is -2.79. The van der Waals surface area contributed by atoms with Gasteiger partial charge in [-0.1, -0.05) is 12.1 Å². The number of piperidine rings is 1. The van der Waals surface area contributed by atoms with Crippen LogP contribution >= 0.6 is 11.5 Å². The molecule has 3 fully saturated rings. The van der Waals surface area contributed by atoms with Gasteiger partial charge in [0.25, 0.3) is 12.3 Å². The van der Waals surface area contributed by atoms with Crippen LogP contribution in [0.3, 0.4) is 0 Å². The molecule has 240 valence electrons. The molecular weight excluding hydrogens is 619 g/mol. The minimum absolute atomic E-state index is 0.0329. The van der Waals surface area contributed by atoms with Gasteiger partial charge in [0.15, 0.2) is 0 Å². The summed E-state index contributed by atoms with van der Waals surface area (Å²) >= 11 is 1.17. The molecule has 3 aliphatic rings. The summed E-state index contributed by atoms with van der Waals surface area (Å²) in [5.74, 6) is -2.99. The van der Waals surface area contributed by atoms with E-state index in [0.717, 1.165) is 6.07 Å². The van der Waals surface area contributed by atoms with Crippen LogP contribution in [-0.4, -0.2) is 87.4 Å². The largest absolute Gasteiger partial charge is 0.485 e. The molecule has 3 saturated heterocycles. The van der Waals surface area contributed by atoms with Gasteiger partial charge in [0.05, 0.1) is 24.2 Å². The van der Waals surface area contributed by atoms with E-state index in [9.17, 15) is 31.5 Å². The van der Waals surface area contributed by atoms with Crippen LogP contribution in [0.25, 0.3) is 0 Å². The predicted molar refractivity (Wildman–Crippen MR) is 156 cm³/mol. The van der Waals surface area contributed by atoms with Crippen LogP contribution in [0.5, 0.6) is 5.75 Å². The Morgan fingerprint density at radius 1 is 1.02 bits per heavy atom. The van der Waals surface area contributed by atoms with Gasteiger partial charge in [-0.05, 0) is 60.3 Å². The number of nitrogens with zero attached hydrogens (tertiary/aromatic N) is 5. The lowest BCUT2D eigenvalue weighted by atomic mass is 9.80. The minimum Gasteiger partial charge on any atom is -0.485 e. The maximum absolute atomic E-state index is 14.6. The SMILES string of the molecule is Cc1ccc([C@@]2(c3ncns3)CCN(C(=O)Nc3cc(C(F)F)ccc3OC3CN(C(=O)N4CCC(F)(F)CC4)C3)C2)cc1F. The summed E-state index contributed by atoms with van der Waals surface area (Å²) in [4.78, 5) is 35.0. The lowest BCUT2D eigenvalue weighted by Crippen LogP contribution is -2.60. The van der Waals surface area contributed by atoms with E-state index in [1.165, 1.54) is 50.8 Å². The van der Waals surface area contributed by atoms with Gasteiger partial charge in [-0.25, -0.2) is 36.5 Å². The van der Waals surface area contributed by atoms with E-state index in [-0.39, 0.29) is 81.0 Å². The molecule has 6 rings (SSSR count). The fourth-order valence-corrected chi connectivity index (χ4v) is 6.69. The number of benzene rings is 2. The zero-order valence-electron chi connectivity index (χ0n) is 24.3. The number of alkyl halides is 4. The van der Waals surface area contributed by atoms with Crippen LogP contribution in [-0.2, 0) is 5.41 Å². The smallest absolute Gasteiger partial charge is 0.321 e. The van der Waals surface area contributed by atoms with Crippen LogP contribution in [0.2, 0.25) is 0 Å². The molecule has 4 heterocycles. The van der Waals surface area contributed by atoms with Crippen LogP contribution in [0.15, 0.2) is 42.7 Å². The second-order valence-electron chi connectivity index (χ2n) is 11.7. The summed E-state index contributed by atoms with van der Waals surface area (Å²) in [6.07, 6.45) is -2.19. The highest BCUT2D eigenvalue weighted by atomic mass is 32.1. The number of halogens is 5. The molecule has 1 aromatic heterocycles. The molecule has 0 spiro atoms. The lowest BCUT2D eigenvalue weighted by molar-refractivity contribution is -0.0533. The van der Waals surface area contributed by atoms with Crippen molar-refractivity contribution < 1.29 is 36.3 Å². The van der Waals surface area contributed by atoms with Crippen LogP contribution in [0.1, 0.15) is 47.4 Å². The van der Waals surface area contributed by atoms with Crippen LogP contribution in [0.4, 0.5) is 37.2 Å². The number of hydrogen-bond acceptors (Lipinski definition) is 6. The van der Waals surface area contributed by atoms with E-state index < -0.39 is 29.9 Å². The first-order chi connectivity index (χ1) is 21.4. The van der Waals surface area contributed by atoms with E-state index in [4.69, 9.17) is 4.74 Å². The molecule has 2 aromatic carbocycles. The molecule has 15 heteroatoms. The molecule has 1 N–H and O–H groups in total. The molecule has 3 aromatic rings. The van der Waals surface area contributed by atoms with Crippen molar-refractivity contribution in [3.8, 4) is 5.75 Å². The van der Waals surface area contributed by atoms with Gasteiger partial charge in [-0.3, -0.25) is 0 Å². The van der Waals surface area contributed by atoms with E-state index in [1.807, 2.05) is 6.07 Å². The molecule has 4 amide bonds. The second-order valence-corrected chi connectivity index (χ2v) is 12.5. The molecule has 0 unspecified atom stereocenters. The number of ether oxygens (including phenoxy) is 1. The second kappa shape index (κ2) is 12.1. The quantitative estimate of drug-likeness (QED) is 0.328. The molecule has 9 nitrogen and oxygen atoms in total. The van der Waals surface area contributed by atoms with Gasteiger partial charge in [0.2, 0.25) is 0 Å². The molecule has 0 saturated carbocycles. The zero-order valence-corrected chi connectivity index (χ0v) is 25.1. The number of aryl methyl sites for hydroxylation is 1. The number of amides is 4. The molecule has 0 radical (unpaired) electrons. The van der Waals surface area contributed by atoms with E-state index in [2.05, 4.69) is 14.7 Å². The monoisotopic (exact) mass is 650 g/mol. The van der Waals surface area contributed by atoms with Crippen molar-refractivity contribution >= 4 is 29.3 Å². The van der Waals surface area contributed by atoms with Gasteiger partial charge in [0.1, 0.15) is 29.0 Å².